The van der Waals surface area contributed by atoms with Crippen LogP contribution in [0, 0.1) is 24.4 Å². The number of nitrogens with two attached hydrogens (primary N) is 2. The van der Waals surface area contributed by atoms with Gasteiger partial charge in [-0.25, -0.2) is 13.2 Å². The normalized spacial score (nSPS) is 11.5. The maximum Gasteiger partial charge on any atom is 0.170 e. The van der Waals surface area contributed by atoms with Gasteiger partial charge in [-0.2, -0.15) is 0 Å². The molecule has 0 aromatic heterocycles. The molecule has 8 N–H and O–H groups in total. The highest BCUT2D eigenvalue weighted by atomic mass is 35.5. The van der Waals surface area contributed by atoms with E-state index >= 15 is 0 Å². The maximum atomic E-state index is 14.3. The van der Waals surface area contributed by atoms with E-state index in [1.165, 1.54) is 67.8 Å². The van der Waals surface area contributed by atoms with Crippen molar-refractivity contribution >= 4 is 23.3 Å². The summed E-state index contributed by atoms with van der Waals surface area (Å²) in [6, 6.07) is 26.6. The second kappa shape index (κ2) is 16.1. The molecule has 13 heteroatoms. The quantitative estimate of drug-likeness (QED) is 0.0411. The van der Waals surface area contributed by atoms with Crippen molar-refractivity contribution in [3.05, 3.63) is 148 Å². The number of ether oxygens (including phenoxy) is 1. The number of rotatable bonds is 7. The van der Waals surface area contributed by atoms with Crippen LogP contribution in [0.25, 0.3) is 44.5 Å². The van der Waals surface area contributed by atoms with Crippen molar-refractivity contribution in [1.29, 1.82) is 0 Å². The summed E-state index contributed by atoms with van der Waals surface area (Å²) in [6.45, 7) is 1.91. The van der Waals surface area contributed by atoms with Crippen molar-refractivity contribution in [2.75, 3.05) is 7.11 Å². The van der Waals surface area contributed by atoms with Gasteiger partial charge < -0.3 is 36.8 Å². The van der Waals surface area contributed by atoms with Gasteiger partial charge >= 0.3 is 0 Å². The van der Waals surface area contributed by atoms with Crippen molar-refractivity contribution in [2.45, 2.75) is 6.92 Å². The highest BCUT2D eigenvalue weighted by Gasteiger charge is 2.22. The molecule has 6 aromatic rings. The molecule has 0 radical (unpaired) electrons. The fraction of sp³-hybridized carbons (Fsp3) is 0.0500. The Morgan fingerprint density at radius 2 is 1.04 bits per heavy atom. The van der Waals surface area contributed by atoms with Crippen LogP contribution in [0.5, 0.6) is 17.2 Å². The number of hydrogen-bond acceptors (Lipinski definition) is 7. The van der Waals surface area contributed by atoms with Gasteiger partial charge in [0.25, 0.3) is 0 Å². The molecular formula is C40H32ClF3N4O5. The Kier molecular flexibility index (Phi) is 11.4. The lowest BCUT2D eigenvalue weighted by atomic mass is 9.89. The Bertz CT molecular complexity index is 2350. The van der Waals surface area contributed by atoms with E-state index in [1.807, 2.05) is 19.1 Å². The first-order valence-corrected chi connectivity index (χ1v) is 16.0. The molecule has 0 bridgehead atoms. The first-order valence-electron chi connectivity index (χ1n) is 15.7. The van der Waals surface area contributed by atoms with Crippen molar-refractivity contribution < 1.29 is 38.5 Å². The van der Waals surface area contributed by atoms with Crippen LogP contribution < -0.4 is 16.2 Å². The van der Waals surface area contributed by atoms with E-state index < -0.39 is 17.5 Å². The summed E-state index contributed by atoms with van der Waals surface area (Å²) >= 11 is 6.40. The number of amidine groups is 2. The molecule has 0 heterocycles. The van der Waals surface area contributed by atoms with Gasteiger partial charge in [-0.05, 0) is 108 Å². The lowest BCUT2D eigenvalue weighted by Gasteiger charge is -2.18. The Labute approximate surface area is 307 Å². The predicted octanol–water partition coefficient (Wildman–Crippen LogP) is 9.03. The standard InChI is InChI=1S/C20H16ClFN2O2.C20H16F2N2O3/c1-11-2-7-18(21)16(8-11)19-15(12-3-5-14(25)6-4-12)9-13(22)10-17(19)20(23)24-26;1-27-18-7-4-12(21)8-16(18)19-15(11-2-5-14(25)6-3-11)9-13(22)10-17(19)20(23)24-26/h2-10,25-26H,1H3,(H2,23,24);2-10,25-26H,1H3,(H2,23,24). The van der Waals surface area contributed by atoms with E-state index in [4.69, 9.17) is 38.2 Å². The number of oxime groups is 2. The number of methoxy groups -OCH3 is 1. The minimum Gasteiger partial charge on any atom is -0.508 e. The maximum absolute atomic E-state index is 14.3. The Hall–Kier alpha value is -6.66. The summed E-state index contributed by atoms with van der Waals surface area (Å²) in [4.78, 5) is 0. The second-order valence-corrected chi connectivity index (χ2v) is 12.1. The fourth-order valence-corrected chi connectivity index (χ4v) is 5.96. The van der Waals surface area contributed by atoms with E-state index in [1.54, 1.807) is 30.3 Å². The number of aryl methyl sites for hydroxylation is 1. The van der Waals surface area contributed by atoms with Gasteiger partial charge in [-0.1, -0.05) is 57.8 Å². The van der Waals surface area contributed by atoms with Crippen LogP contribution in [0.3, 0.4) is 0 Å². The van der Waals surface area contributed by atoms with Crippen LogP contribution in [0.4, 0.5) is 13.2 Å². The van der Waals surface area contributed by atoms with Crippen LogP contribution in [0.1, 0.15) is 16.7 Å². The Morgan fingerprint density at radius 1 is 0.585 bits per heavy atom. The molecular weight excluding hydrogens is 709 g/mol. The molecule has 6 aromatic carbocycles. The molecule has 0 atom stereocenters. The number of nitrogens with zero attached hydrogens (tertiary/aromatic N) is 2. The molecule has 9 nitrogen and oxygen atoms in total. The molecule has 0 aliphatic rings. The van der Waals surface area contributed by atoms with E-state index in [0.29, 0.717) is 55.3 Å². The van der Waals surface area contributed by atoms with Crippen molar-refractivity contribution in [3.63, 3.8) is 0 Å². The molecule has 0 saturated carbocycles. The topological polar surface area (TPSA) is 167 Å². The predicted molar refractivity (Wildman–Crippen MR) is 199 cm³/mol. The minimum absolute atomic E-state index is 0.0386. The van der Waals surface area contributed by atoms with Gasteiger partial charge in [-0.15, -0.1) is 0 Å². The van der Waals surface area contributed by atoms with Gasteiger partial charge in [0.05, 0.1) is 7.11 Å². The number of phenols is 2. The molecule has 0 fully saturated rings. The van der Waals surface area contributed by atoms with Gasteiger partial charge in [0.15, 0.2) is 11.7 Å². The Morgan fingerprint density at radius 3 is 1.49 bits per heavy atom. The first-order chi connectivity index (χ1) is 25.3. The van der Waals surface area contributed by atoms with E-state index in [0.717, 1.165) is 11.6 Å². The van der Waals surface area contributed by atoms with Crippen LogP contribution in [0.15, 0.2) is 120 Å². The average Bonchev–Trinajstić information content (AvgIpc) is 3.15. The van der Waals surface area contributed by atoms with Crippen molar-refractivity contribution in [1.82, 2.24) is 0 Å². The van der Waals surface area contributed by atoms with Gasteiger partial charge in [0.2, 0.25) is 0 Å². The molecule has 6 rings (SSSR count). The molecule has 0 spiro atoms. The molecule has 0 aliphatic carbocycles. The number of hydrogen-bond donors (Lipinski definition) is 6. The summed E-state index contributed by atoms with van der Waals surface area (Å²) in [7, 11) is 1.42. The summed E-state index contributed by atoms with van der Waals surface area (Å²) in [5.74, 6) is -1.80. The SMILES string of the molecule is COc1ccc(F)cc1-c1c(C(N)=NO)cc(F)cc1-c1ccc(O)cc1.Cc1ccc(Cl)c(-c2c(C(N)=NO)cc(F)cc2-c2ccc(O)cc2)c1. The van der Waals surface area contributed by atoms with Crippen LogP contribution in [0.2, 0.25) is 5.02 Å². The van der Waals surface area contributed by atoms with Gasteiger partial charge in [0.1, 0.15) is 34.7 Å². The number of benzene rings is 6. The number of aromatic hydroxyl groups is 2. The van der Waals surface area contributed by atoms with E-state index in [2.05, 4.69) is 10.3 Å². The summed E-state index contributed by atoms with van der Waals surface area (Å²) in [5, 5.41) is 43.8. The summed E-state index contributed by atoms with van der Waals surface area (Å²) in [5.41, 5.74) is 16.7. The molecule has 0 saturated heterocycles. The average molecular weight is 741 g/mol. The van der Waals surface area contributed by atoms with Crippen molar-refractivity contribution in [2.24, 2.45) is 21.8 Å². The van der Waals surface area contributed by atoms with E-state index in [9.17, 15) is 23.4 Å². The summed E-state index contributed by atoms with van der Waals surface area (Å²) < 4.78 is 47.9. The first kappa shape index (κ1) is 37.6. The van der Waals surface area contributed by atoms with E-state index in [-0.39, 0.29) is 34.3 Å². The van der Waals surface area contributed by atoms with Crippen LogP contribution in [-0.2, 0) is 0 Å². The second-order valence-electron chi connectivity index (χ2n) is 11.6. The molecule has 270 valence electrons. The summed E-state index contributed by atoms with van der Waals surface area (Å²) in [6.07, 6.45) is 0. The smallest absolute Gasteiger partial charge is 0.170 e. The molecule has 0 unspecified atom stereocenters. The molecule has 0 aliphatic heterocycles. The largest absolute Gasteiger partial charge is 0.508 e. The third-order valence-corrected chi connectivity index (χ3v) is 8.48. The highest BCUT2D eigenvalue weighted by molar-refractivity contribution is 6.34. The zero-order valence-electron chi connectivity index (χ0n) is 28.2. The lowest BCUT2D eigenvalue weighted by Crippen LogP contribution is -2.15. The van der Waals surface area contributed by atoms with Crippen LogP contribution in [-0.4, -0.2) is 39.4 Å². The number of phenolic OH excluding ortho intramolecular Hbond substituents is 2. The van der Waals surface area contributed by atoms with Crippen molar-refractivity contribution in [3.8, 4) is 61.8 Å². The molecule has 53 heavy (non-hydrogen) atoms. The monoisotopic (exact) mass is 740 g/mol. The third kappa shape index (κ3) is 8.29. The van der Waals surface area contributed by atoms with Gasteiger partial charge in [0, 0.05) is 38.4 Å². The highest BCUT2D eigenvalue weighted by Crippen LogP contribution is 2.42. The minimum atomic E-state index is -0.626. The fourth-order valence-electron chi connectivity index (χ4n) is 5.75. The van der Waals surface area contributed by atoms with Crippen LogP contribution >= 0.6 is 11.6 Å². The zero-order valence-corrected chi connectivity index (χ0v) is 28.9. The Balaban J connectivity index is 0.000000204. The zero-order chi connectivity index (χ0) is 38.4. The lowest BCUT2D eigenvalue weighted by molar-refractivity contribution is 0.318. The third-order valence-electron chi connectivity index (χ3n) is 8.15. The molecule has 0 amide bonds. The van der Waals surface area contributed by atoms with Gasteiger partial charge in [-0.3, -0.25) is 0 Å². The number of halogens is 4.